The summed E-state index contributed by atoms with van der Waals surface area (Å²) in [5, 5.41) is 0. The van der Waals surface area contributed by atoms with E-state index in [0.29, 0.717) is 17.5 Å². The molecule has 2 fully saturated rings. The van der Waals surface area contributed by atoms with Gasteiger partial charge in [0.25, 0.3) is 0 Å². The first-order valence-corrected chi connectivity index (χ1v) is 10.9. The van der Waals surface area contributed by atoms with E-state index >= 15 is 0 Å². The second-order valence-corrected chi connectivity index (χ2v) is 9.45. The zero-order valence-corrected chi connectivity index (χ0v) is 15.3. The highest BCUT2D eigenvalue weighted by Gasteiger charge is 2.39. The number of aromatic nitrogens is 1. The van der Waals surface area contributed by atoms with Gasteiger partial charge in [0.2, 0.25) is 5.91 Å². The molecule has 1 saturated heterocycles. The number of carbonyl (C=O) groups excluding carboxylic acids is 1. The van der Waals surface area contributed by atoms with Crippen LogP contribution in [0.25, 0.3) is 11.1 Å². The molecule has 26 heavy (non-hydrogen) atoms. The van der Waals surface area contributed by atoms with Crippen LogP contribution in [0.2, 0.25) is 0 Å². The summed E-state index contributed by atoms with van der Waals surface area (Å²) in [4.78, 5) is 27.0. The van der Waals surface area contributed by atoms with Crippen LogP contribution in [0.4, 0.5) is 0 Å². The normalized spacial score (nSPS) is 22.8. The van der Waals surface area contributed by atoms with Crippen molar-refractivity contribution in [1.29, 1.82) is 0 Å². The van der Waals surface area contributed by atoms with Crippen molar-refractivity contribution in [1.82, 2.24) is 9.47 Å². The topological polar surface area (TPSA) is 89.6 Å². The summed E-state index contributed by atoms with van der Waals surface area (Å²) in [6, 6.07) is 6.77. The van der Waals surface area contributed by atoms with Crippen LogP contribution in [-0.4, -0.2) is 47.4 Å². The highest BCUT2D eigenvalue weighted by atomic mass is 32.2. The highest BCUT2D eigenvalue weighted by Crippen LogP contribution is 2.29. The summed E-state index contributed by atoms with van der Waals surface area (Å²) in [7, 11) is -3.09. The Bertz CT molecular complexity index is 984. The maximum Gasteiger partial charge on any atom is 0.420 e. The smallest absolute Gasteiger partial charge is 0.408 e. The number of fused-ring (bicyclic) bond motifs is 1. The average Bonchev–Trinajstić information content (AvgIpc) is 3.30. The van der Waals surface area contributed by atoms with Crippen molar-refractivity contribution in [3.8, 4) is 0 Å². The summed E-state index contributed by atoms with van der Waals surface area (Å²) in [5.41, 5.74) is 1.03. The van der Waals surface area contributed by atoms with E-state index in [-0.39, 0.29) is 36.0 Å². The third-order valence-electron chi connectivity index (χ3n) is 5.47. The van der Waals surface area contributed by atoms with Gasteiger partial charge in [-0.25, -0.2) is 13.2 Å². The van der Waals surface area contributed by atoms with E-state index < -0.39 is 15.6 Å². The number of amides is 1. The Labute approximate surface area is 151 Å². The number of oxazole rings is 1. The second kappa shape index (κ2) is 6.57. The van der Waals surface area contributed by atoms with Crippen molar-refractivity contribution in [2.75, 3.05) is 11.5 Å². The number of benzene rings is 1. The van der Waals surface area contributed by atoms with E-state index in [0.717, 1.165) is 25.7 Å². The van der Waals surface area contributed by atoms with E-state index in [1.54, 1.807) is 29.2 Å². The quantitative estimate of drug-likeness (QED) is 0.805. The Morgan fingerprint density at radius 1 is 1.15 bits per heavy atom. The standard InChI is InChI=1S/C18H22N2O5S/c21-17(11-19-15-7-3-4-8-16(15)25-18(19)22)20(13-5-1-2-6-13)14-9-10-26(23,24)12-14/h3-4,7-8,13-14H,1-2,5-6,9-12H2/t14-/m0/s1. The summed E-state index contributed by atoms with van der Waals surface area (Å²) < 4.78 is 30.4. The van der Waals surface area contributed by atoms with Crippen LogP contribution in [0, 0.1) is 0 Å². The van der Waals surface area contributed by atoms with E-state index in [9.17, 15) is 18.0 Å². The average molecular weight is 378 g/mol. The Hall–Kier alpha value is -2.09. The fraction of sp³-hybridized carbons (Fsp3) is 0.556. The summed E-state index contributed by atoms with van der Waals surface area (Å²) in [6.45, 7) is -0.122. The monoisotopic (exact) mass is 378 g/mol. The van der Waals surface area contributed by atoms with Crippen LogP contribution in [0.3, 0.4) is 0 Å². The number of para-hydroxylation sites is 2. The van der Waals surface area contributed by atoms with Crippen LogP contribution in [0.1, 0.15) is 32.1 Å². The van der Waals surface area contributed by atoms with Gasteiger partial charge in [-0.05, 0) is 31.4 Å². The van der Waals surface area contributed by atoms with E-state index in [1.807, 2.05) is 0 Å². The van der Waals surface area contributed by atoms with Crippen molar-refractivity contribution in [3.05, 3.63) is 34.8 Å². The first kappa shape index (κ1) is 17.3. The molecule has 0 unspecified atom stereocenters. The predicted octanol–water partition coefficient (Wildman–Crippen LogP) is 1.55. The van der Waals surface area contributed by atoms with Gasteiger partial charge < -0.3 is 9.32 Å². The fourth-order valence-corrected chi connectivity index (χ4v) is 5.97. The van der Waals surface area contributed by atoms with Crippen LogP contribution in [-0.2, 0) is 21.2 Å². The van der Waals surface area contributed by atoms with Gasteiger partial charge in [0.15, 0.2) is 15.4 Å². The minimum atomic E-state index is -3.09. The summed E-state index contributed by atoms with van der Waals surface area (Å²) in [6.07, 6.45) is 4.35. The molecular formula is C18H22N2O5S. The molecule has 2 aliphatic rings. The fourth-order valence-electron chi connectivity index (χ4n) is 4.26. The largest absolute Gasteiger partial charge is 0.420 e. The minimum Gasteiger partial charge on any atom is -0.408 e. The molecule has 1 saturated carbocycles. The molecule has 7 nitrogen and oxygen atoms in total. The maximum absolute atomic E-state index is 13.1. The highest BCUT2D eigenvalue weighted by molar-refractivity contribution is 7.91. The molecule has 2 aromatic rings. The molecule has 0 radical (unpaired) electrons. The zero-order chi connectivity index (χ0) is 18.3. The third kappa shape index (κ3) is 3.18. The van der Waals surface area contributed by atoms with Crippen molar-refractivity contribution >= 4 is 26.8 Å². The molecule has 1 aromatic heterocycles. The van der Waals surface area contributed by atoms with Gasteiger partial charge in [-0.15, -0.1) is 0 Å². The number of sulfone groups is 1. The third-order valence-corrected chi connectivity index (χ3v) is 7.23. The lowest BCUT2D eigenvalue weighted by Crippen LogP contribution is -2.48. The first-order valence-electron chi connectivity index (χ1n) is 9.04. The Morgan fingerprint density at radius 3 is 2.58 bits per heavy atom. The minimum absolute atomic E-state index is 0.0241. The summed E-state index contributed by atoms with van der Waals surface area (Å²) in [5.74, 6) is -0.614. The van der Waals surface area contributed by atoms with Gasteiger partial charge in [0, 0.05) is 12.1 Å². The van der Waals surface area contributed by atoms with E-state index in [1.165, 1.54) is 4.57 Å². The molecule has 1 aliphatic carbocycles. The van der Waals surface area contributed by atoms with Crippen molar-refractivity contribution in [2.45, 2.75) is 50.7 Å². The van der Waals surface area contributed by atoms with Gasteiger partial charge in [-0.1, -0.05) is 25.0 Å². The summed E-state index contributed by atoms with van der Waals surface area (Å²) >= 11 is 0. The molecule has 0 spiro atoms. The number of nitrogens with zero attached hydrogens (tertiary/aromatic N) is 2. The van der Waals surface area contributed by atoms with Crippen molar-refractivity contribution in [2.24, 2.45) is 0 Å². The molecule has 0 bridgehead atoms. The SMILES string of the molecule is O=C(Cn1c(=O)oc2ccccc21)N(C1CCCC1)[C@H]1CCS(=O)(=O)C1. The van der Waals surface area contributed by atoms with Crippen LogP contribution >= 0.6 is 0 Å². The first-order chi connectivity index (χ1) is 12.4. The van der Waals surface area contributed by atoms with Gasteiger partial charge in [0.1, 0.15) is 6.54 Å². The number of hydrogen-bond acceptors (Lipinski definition) is 5. The van der Waals surface area contributed by atoms with Gasteiger partial charge in [-0.3, -0.25) is 9.36 Å². The van der Waals surface area contributed by atoms with Gasteiger partial charge >= 0.3 is 5.76 Å². The lowest BCUT2D eigenvalue weighted by Gasteiger charge is -2.34. The Morgan fingerprint density at radius 2 is 1.88 bits per heavy atom. The molecule has 2 heterocycles. The number of rotatable bonds is 4. The second-order valence-electron chi connectivity index (χ2n) is 7.22. The predicted molar refractivity (Wildman–Crippen MR) is 96.6 cm³/mol. The molecule has 8 heteroatoms. The maximum atomic E-state index is 13.1. The van der Waals surface area contributed by atoms with Crippen LogP contribution in [0.15, 0.2) is 33.5 Å². The molecule has 140 valence electrons. The zero-order valence-electron chi connectivity index (χ0n) is 14.5. The number of hydrogen-bond donors (Lipinski definition) is 0. The Kier molecular flexibility index (Phi) is 4.38. The van der Waals surface area contributed by atoms with Crippen LogP contribution < -0.4 is 5.76 Å². The number of carbonyl (C=O) groups is 1. The van der Waals surface area contributed by atoms with E-state index in [2.05, 4.69) is 0 Å². The van der Waals surface area contributed by atoms with Gasteiger partial charge in [0.05, 0.1) is 17.0 Å². The molecule has 1 atom stereocenters. The van der Waals surface area contributed by atoms with Crippen molar-refractivity contribution in [3.63, 3.8) is 0 Å². The molecule has 4 rings (SSSR count). The molecule has 1 aromatic carbocycles. The van der Waals surface area contributed by atoms with Crippen molar-refractivity contribution < 1.29 is 17.6 Å². The Balaban J connectivity index is 1.64. The molecule has 1 amide bonds. The lowest BCUT2D eigenvalue weighted by atomic mass is 10.1. The molecular weight excluding hydrogens is 356 g/mol. The van der Waals surface area contributed by atoms with E-state index in [4.69, 9.17) is 4.42 Å². The van der Waals surface area contributed by atoms with Gasteiger partial charge in [-0.2, -0.15) is 0 Å². The lowest BCUT2D eigenvalue weighted by molar-refractivity contribution is -0.136. The molecule has 1 aliphatic heterocycles. The van der Waals surface area contributed by atoms with Crippen LogP contribution in [0.5, 0.6) is 0 Å². The molecule has 0 N–H and O–H groups in total.